The van der Waals surface area contributed by atoms with Crippen molar-refractivity contribution in [1.29, 1.82) is 0 Å². The fourth-order valence-electron chi connectivity index (χ4n) is 2.46. The molecule has 4 nitrogen and oxygen atoms in total. The van der Waals surface area contributed by atoms with Gasteiger partial charge in [-0.15, -0.1) is 0 Å². The normalized spacial score (nSPS) is 27.6. The van der Waals surface area contributed by atoms with Crippen molar-refractivity contribution in [3.63, 3.8) is 0 Å². The molecule has 0 N–H and O–H groups in total. The van der Waals surface area contributed by atoms with Gasteiger partial charge in [0.2, 0.25) is 0 Å². The number of hydrogen-bond acceptors (Lipinski definition) is 3. The van der Waals surface area contributed by atoms with Gasteiger partial charge in [0.1, 0.15) is 11.9 Å². The van der Waals surface area contributed by atoms with Crippen molar-refractivity contribution in [2.75, 3.05) is 4.90 Å². The Hall–Kier alpha value is -1.68. The lowest BCUT2D eigenvalue weighted by Crippen LogP contribution is -2.45. The number of benzene rings is 1. The number of Topliss-reactive ketones (excluding diaryl/α,β-unsaturated/α-hetero) is 1. The molecule has 0 saturated carbocycles. The number of anilines is 1. The van der Waals surface area contributed by atoms with E-state index in [9.17, 15) is 9.59 Å². The number of hydrogen-bond donors (Lipinski definition) is 0. The molecule has 0 bridgehead atoms. The minimum atomic E-state index is -0.885. The molecular weight excluding hydrogens is 230 g/mol. The van der Waals surface area contributed by atoms with E-state index in [4.69, 9.17) is 4.74 Å². The fourth-order valence-corrected chi connectivity index (χ4v) is 2.46. The van der Waals surface area contributed by atoms with E-state index in [1.165, 1.54) is 6.92 Å². The smallest absolute Gasteiger partial charge is 0.258 e. The average molecular weight is 247 g/mol. The van der Waals surface area contributed by atoms with Crippen LogP contribution in [0.5, 0.6) is 0 Å². The van der Waals surface area contributed by atoms with Crippen LogP contribution in [-0.2, 0) is 14.3 Å². The lowest BCUT2D eigenvalue weighted by atomic mass is 10.1. The third-order valence-corrected chi connectivity index (χ3v) is 3.06. The van der Waals surface area contributed by atoms with Gasteiger partial charge in [-0.3, -0.25) is 14.5 Å². The molecule has 1 aromatic rings. The van der Waals surface area contributed by atoms with Crippen molar-refractivity contribution >= 4 is 17.4 Å². The summed E-state index contributed by atoms with van der Waals surface area (Å²) in [6.07, 6.45) is -0.326. The zero-order valence-electron chi connectivity index (χ0n) is 10.8. The summed E-state index contributed by atoms with van der Waals surface area (Å²) in [5.41, 5.74) is -0.125. The first-order chi connectivity index (χ1) is 8.44. The molecule has 4 heteroatoms. The Morgan fingerprint density at radius 1 is 1.39 bits per heavy atom. The number of nitrogens with zero attached hydrogens (tertiary/aromatic N) is 1. The van der Waals surface area contributed by atoms with Gasteiger partial charge in [0.15, 0.2) is 5.72 Å². The molecule has 1 amide bonds. The molecule has 1 aromatic carbocycles. The Morgan fingerprint density at radius 3 is 2.56 bits per heavy atom. The molecule has 1 fully saturated rings. The van der Waals surface area contributed by atoms with Crippen LogP contribution in [0.25, 0.3) is 0 Å². The standard InChI is InChI=1S/C14H17NO3/c1-10(16)9-14(3)15(13(17)11(2)18-14)12-7-5-4-6-8-12/h4-8,11H,9H2,1-3H3/t11-,14+/m0/s1. The van der Waals surface area contributed by atoms with E-state index in [1.807, 2.05) is 30.3 Å². The number of ether oxygens (including phenoxy) is 1. The Labute approximate surface area is 107 Å². The molecule has 1 saturated heterocycles. The summed E-state index contributed by atoms with van der Waals surface area (Å²) < 4.78 is 5.69. The highest BCUT2D eigenvalue weighted by molar-refractivity contribution is 6.00. The zero-order valence-corrected chi connectivity index (χ0v) is 10.8. The van der Waals surface area contributed by atoms with Crippen LogP contribution in [0, 0.1) is 0 Å². The minimum absolute atomic E-state index is 0.000307. The van der Waals surface area contributed by atoms with Crippen LogP contribution in [0.3, 0.4) is 0 Å². The highest BCUT2D eigenvalue weighted by Crippen LogP contribution is 2.35. The van der Waals surface area contributed by atoms with Gasteiger partial charge in [-0.05, 0) is 32.9 Å². The first-order valence-electron chi connectivity index (χ1n) is 6.00. The van der Waals surface area contributed by atoms with Crippen LogP contribution in [0.2, 0.25) is 0 Å². The van der Waals surface area contributed by atoms with E-state index >= 15 is 0 Å². The van der Waals surface area contributed by atoms with E-state index < -0.39 is 11.8 Å². The molecule has 1 aliphatic rings. The summed E-state index contributed by atoms with van der Waals surface area (Å²) in [6.45, 7) is 5.00. The van der Waals surface area contributed by atoms with Gasteiger partial charge in [0, 0.05) is 5.69 Å². The quantitative estimate of drug-likeness (QED) is 0.822. The predicted octanol–water partition coefficient (Wildman–Crippen LogP) is 2.13. The van der Waals surface area contributed by atoms with Crippen molar-refractivity contribution < 1.29 is 14.3 Å². The molecule has 2 atom stereocenters. The lowest BCUT2D eigenvalue weighted by Gasteiger charge is -2.32. The molecule has 0 aromatic heterocycles. The van der Waals surface area contributed by atoms with Crippen LogP contribution in [0.15, 0.2) is 30.3 Å². The van der Waals surface area contributed by atoms with E-state index in [-0.39, 0.29) is 18.1 Å². The number of carbonyl (C=O) groups excluding carboxylic acids is 2. The maximum Gasteiger partial charge on any atom is 0.258 e. The maximum absolute atomic E-state index is 12.2. The van der Waals surface area contributed by atoms with Crippen LogP contribution < -0.4 is 4.90 Å². The molecule has 0 radical (unpaired) electrons. The monoisotopic (exact) mass is 247 g/mol. The molecular formula is C14H17NO3. The van der Waals surface area contributed by atoms with Gasteiger partial charge < -0.3 is 4.74 Å². The van der Waals surface area contributed by atoms with Crippen LogP contribution in [0.4, 0.5) is 5.69 Å². The number of ketones is 1. The Balaban J connectivity index is 2.40. The summed E-state index contributed by atoms with van der Waals surface area (Å²) in [7, 11) is 0. The van der Waals surface area contributed by atoms with Gasteiger partial charge in [0.05, 0.1) is 6.42 Å². The highest BCUT2D eigenvalue weighted by atomic mass is 16.5. The fraction of sp³-hybridized carbons (Fsp3) is 0.429. The third kappa shape index (κ3) is 2.16. The Bertz CT molecular complexity index is 471. The summed E-state index contributed by atoms with van der Waals surface area (Å²) in [6, 6.07) is 9.30. The van der Waals surface area contributed by atoms with Crippen LogP contribution in [0.1, 0.15) is 27.2 Å². The second-order valence-electron chi connectivity index (χ2n) is 4.82. The Morgan fingerprint density at radius 2 is 2.00 bits per heavy atom. The Kier molecular flexibility index (Phi) is 3.22. The van der Waals surface area contributed by atoms with Crippen molar-refractivity contribution in [2.24, 2.45) is 0 Å². The minimum Gasteiger partial charge on any atom is -0.342 e. The third-order valence-electron chi connectivity index (χ3n) is 3.06. The van der Waals surface area contributed by atoms with E-state index in [0.29, 0.717) is 0 Å². The predicted molar refractivity (Wildman–Crippen MR) is 68.2 cm³/mol. The zero-order chi connectivity index (χ0) is 13.3. The summed E-state index contributed by atoms with van der Waals surface area (Å²) in [4.78, 5) is 25.2. The first-order valence-corrected chi connectivity index (χ1v) is 6.00. The van der Waals surface area contributed by atoms with Crippen molar-refractivity contribution in [1.82, 2.24) is 0 Å². The number of para-hydroxylation sites is 1. The summed E-state index contributed by atoms with van der Waals surface area (Å²) >= 11 is 0. The van der Waals surface area contributed by atoms with Crippen molar-refractivity contribution in [2.45, 2.75) is 39.0 Å². The second-order valence-corrected chi connectivity index (χ2v) is 4.82. The maximum atomic E-state index is 12.2. The van der Waals surface area contributed by atoms with E-state index in [0.717, 1.165) is 5.69 Å². The van der Waals surface area contributed by atoms with E-state index in [1.54, 1.807) is 18.7 Å². The molecule has 1 heterocycles. The molecule has 2 rings (SSSR count). The van der Waals surface area contributed by atoms with Gasteiger partial charge in [-0.2, -0.15) is 0 Å². The average Bonchev–Trinajstić information content (AvgIpc) is 2.49. The van der Waals surface area contributed by atoms with Gasteiger partial charge in [0.25, 0.3) is 5.91 Å². The SMILES string of the molecule is CC(=O)C[C@@]1(C)O[C@@H](C)C(=O)N1c1ccccc1. The van der Waals surface area contributed by atoms with E-state index in [2.05, 4.69) is 0 Å². The van der Waals surface area contributed by atoms with Crippen molar-refractivity contribution in [3.05, 3.63) is 30.3 Å². The topological polar surface area (TPSA) is 46.6 Å². The molecule has 0 spiro atoms. The highest BCUT2D eigenvalue weighted by Gasteiger charge is 2.48. The number of amides is 1. The van der Waals surface area contributed by atoms with Crippen LogP contribution >= 0.6 is 0 Å². The molecule has 1 aliphatic heterocycles. The largest absolute Gasteiger partial charge is 0.342 e. The van der Waals surface area contributed by atoms with Crippen LogP contribution in [-0.4, -0.2) is 23.5 Å². The van der Waals surface area contributed by atoms with Gasteiger partial charge >= 0.3 is 0 Å². The second kappa shape index (κ2) is 4.53. The number of carbonyl (C=O) groups is 2. The first kappa shape index (κ1) is 12.8. The lowest BCUT2D eigenvalue weighted by molar-refractivity contribution is -0.126. The number of rotatable bonds is 3. The van der Waals surface area contributed by atoms with Crippen molar-refractivity contribution in [3.8, 4) is 0 Å². The molecule has 18 heavy (non-hydrogen) atoms. The van der Waals surface area contributed by atoms with Gasteiger partial charge in [-0.25, -0.2) is 0 Å². The summed E-state index contributed by atoms with van der Waals surface area (Å²) in [5, 5.41) is 0. The molecule has 0 unspecified atom stereocenters. The summed E-state index contributed by atoms with van der Waals surface area (Å²) in [5.74, 6) is -0.106. The van der Waals surface area contributed by atoms with Gasteiger partial charge in [-0.1, -0.05) is 18.2 Å². The molecule has 96 valence electrons. The molecule has 0 aliphatic carbocycles.